The summed E-state index contributed by atoms with van der Waals surface area (Å²) in [7, 11) is 0. The Morgan fingerprint density at radius 1 is 1.00 bits per heavy atom. The number of halogens is 2. The molecule has 1 fully saturated rings. The Balaban J connectivity index is 1.45. The van der Waals surface area contributed by atoms with Crippen LogP contribution in [0.4, 0.5) is 9.18 Å². The maximum atomic E-state index is 13.1. The number of amides is 2. The molecular weight excluding hydrogens is 521 g/mol. The van der Waals surface area contributed by atoms with E-state index in [9.17, 15) is 18.8 Å². The second-order valence-electron chi connectivity index (χ2n) is 7.65. The summed E-state index contributed by atoms with van der Waals surface area (Å²) in [5.74, 6) is -0.669. The molecule has 0 N–H and O–H groups in total. The van der Waals surface area contributed by atoms with Crippen LogP contribution in [-0.2, 0) is 4.79 Å². The first kappa shape index (κ1) is 26.2. The predicted octanol–water partition coefficient (Wildman–Crippen LogP) is 6.21. The Labute approximate surface area is 221 Å². The quantitative estimate of drug-likeness (QED) is 0.181. The number of thioether (sulfide) groups is 1. The van der Waals surface area contributed by atoms with Gasteiger partial charge < -0.3 is 14.2 Å². The van der Waals surface area contributed by atoms with Crippen molar-refractivity contribution >= 4 is 46.6 Å². The van der Waals surface area contributed by atoms with Gasteiger partial charge in [0.2, 0.25) is 0 Å². The molecule has 1 aliphatic heterocycles. The highest BCUT2D eigenvalue weighted by molar-refractivity contribution is 8.18. The molecule has 0 aromatic heterocycles. The first-order valence-electron chi connectivity index (χ1n) is 11.2. The first-order valence-corrected chi connectivity index (χ1v) is 12.4. The molecule has 1 aliphatic rings. The summed E-state index contributed by atoms with van der Waals surface area (Å²) in [6.07, 6.45) is 1.56. The average molecular weight is 542 g/mol. The van der Waals surface area contributed by atoms with E-state index < -0.39 is 22.9 Å². The number of hydrogen-bond donors (Lipinski definition) is 0. The Kier molecular flexibility index (Phi) is 8.47. The SMILES string of the molecule is CCOc1cc(/C=C2\SC(=O)N(CCOc3ccccc3Cl)C2=O)ccc1OC(=O)c1ccc(F)cc1. The van der Waals surface area contributed by atoms with Crippen LogP contribution >= 0.6 is 23.4 Å². The highest BCUT2D eigenvalue weighted by Gasteiger charge is 2.35. The molecule has 0 saturated carbocycles. The molecule has 0 atom stereocenters. The number of ether oxygens (including phenoxy) is 3. The largest absolute Gasteiger partial charge is 0.490 e. The lowest BCUT2D eigenvalue weighted by atomic mass is 10.1. The molecule has 1 saturated heterocycles. The summed E-state index contributed by atoms with van der Waals surface area (Å²) >= 11 is 6.88. The smallest absolute Gasteiger partial charge is 0.343 e. The van der Waals surface area contributed by atoms with Crippen molar-refractivity contribution in [3.63, 3.8) is 0 Å². The molecule has 2 amide bonds. The van der Waals surface area contributed by atoms with E-state index in [-0.39, 0.29) is 35.1 Å². The van der Waals surface area contributed by atoms with E-state index in [2.05, 4.69) is 0 Å². The Hall–Kier alpha value is -3.82. The minimum Gasteiger partial charge on any atom is -0.490 e. The number of para-hydroxylation sites is 1. The van der Waals surface area contributed by atoms with Crippen molar-refractivity contribution in [3.8, 4) is 17.2 Å². The number of imide groups is 1. The van der Waals surface area contributed by atoms with Crippen LogP contribution in [0.2, 0.25) is 5.02 Å². The molecule has 1 heterocycles. The fourth-order valence-electron chi connectivity index (χ4n) is 3.36. The molecule has 0 aliphatic carbocycles. The highest BCUT2D eigenvalue weighted by atomic mass is 35.5. The van der Waals surface area contributed by atoms with Gasteiger partial charge in [-0.3, -0.25) is 14.5 Å². The van der Waals surface area contributed by atoms with Gasteiger partial charge in [0.1, 0.15) is 18.2 Å². The number of carbonyl (C=O) groups excluding carboxylic acids is 3. The van der Waals surface area contributed by atoms with Gasteiger partial charge in [0.05, 0.1) is 28.6 Å². The number of hydrogen-bond acceptors (Lipinski definition) is 7. The molecule has 190 valence electrons. The lowest BCUT2D eigenvalue weighted by Crippen LogP contribution is -2.32. The van der Waals surface area contributed by atoms with Gasteiger partial charge in [-0.1, -0.05) is 29.8 Å². The number of nitrogens with zero attached hydrogens (tertiary/aromatic N) is 1. The zero-order valence-electron chi connectivity index (χ0n) is 19.6. The van der Waals surface area contributed by atoms with Crippen LogP contribution in [0.25, 0.3) is 6.08 Å². The molecule has 0 bridgehead atoms. The molecule has 3 aromatic carbocycles. The van der Waals surface area contributed by atoms with Crippen LogP contribution in [0.5, 0.6) is 17.2 Å². The highest BCUT2D eigenvalue weighted by Crippen LogP contribution is 2.35. The summed E-state index contributed by atoms with van der Waals surface area (Å²) in [6.45, 7) is 2.23. The van der Waals surface area contributed by atoms with Gasteiger partial charge in [-0.05, 0) is 78.9 Å². The Morgan fingerprint density at radius 2 is 1.76 bits per heavy atom. The van der Waals surface area contributed by atoms with Crippen molar-refractivity contribution in [2.75, 3.05) is 19.8 Å². The van der Waals surface area contributed by atoms with Crippen molar-refractivity contribution in [2.24, 2.45) is 0 Å². The molecule has 3 aromatic rings. The van der Waals surface area contributed by atoms with E-state index in [4.69, 9.17) is 25.8 Å². The topological polar surface area (TPSA) is 82.1 Å². The van der Waals surface area contributed by atoms with Gasteiger partial charge in [-0.25, -0.2) is 9.18 Å². The predicted molar refractivity (Wildman–Crippen MR) is 139 cm³/mol. The second-order valence-corrected chi connectivity index (χ2v) is 9.05. The average Bonchev–Trinajstić information content (AvgIpc) is 3.14. The lowest BCUT2D eigenvalue weighted by Gasteiger charge is -2.14. The minimum atomic E-state index is -0.672. The summed E-state index contributed by atoms with van der Waals surface area (Å²) in [5.41, 5.74) is 0.753. The monoisotopic (exact) mass is 541 g/mol. The summed E-state index contributed by atoms with van der Waals surface area (Å²) < 4.78 is 29.8. The van der Waals surface area contributed by atoms with Crippen LogP contribution in [0.3, 0.4) is 0 Å². The molecule has 4 rings (SSSR count). The van der Waals surface area contributed by atoms with Gasteiger partial charge in [0.25, 0.3) is 11.1 Å². The van der Waals surface area contributed by atoms with E-state index >= 15 is 0 Å². The Bertz CT molecular complexity index is 1360. The van der Waals surface area contributed by atoms with Crippen LogP contribution in [0.15, 0.2) is 71.6 Å². The normalized spacial score (nSPS) is 14.2. The molecule has 0 radical (unpaired) electrons. The van der Waals surface area contributed by atoms with Gasteiger partial charge >= 0.3 is 5.97 Å². The summed E-state index contributed by atoms with van der Waals surface area (Å²) in [6, 6.07) is 16.7. The van der Waals surface area contributed by atoms with Crippen molar-refractivity contribution in [2.45, 2.75) is 6.92 Å². The zero-order chi connectivity index (χ0) is 26.4. The Morgan fingerprint density at radius 3 is 2.49 bits per heavy atom. The summed E-state index contributed by atoms with van der Waals surface area (Å²) in [5, 5.41) is 0.0299. The number of esters is 1. The first-order chi connectivity index (χ1) is 17.9. The van der Waals surface area contributed by atoms with Crippen molar-refractivity contribution in [1.29, 1.82) is 0 Å². The fourth-order valence-corrected chi connectivity index (χ4v) is 4.42. The molecule has 0 unspecified atom stereocenters. The van der Waals surface area contributed by atoms with Crippen LogP contribution in [0.1, 0.15) is 22.8 Å². The van der Waals surface area contributed by atoms with Gasteiger partial charge in [-0.2, -0.15) is 0 Å². The molecule has 7 nitrogen and oxygen atoms in total. The van der Waals surface area contributed by atoms with E-state index in [1.807, 2.05) is 0 Å². The van der Waals surface area contributed by atoms with Crippen LogP contribution in [0, 0.1) is 5.82 Å². The van der Waals surface area contributed by atoms with Crippen molar-refractivity contribution < 1.29 is 33.0 Å². The molecule has 0 spiro atoms. The number of benzene rings is 3. The van der Waals surface area contributed by atoms with Crippen molar-refractivity contribution in [1.82, 2.24) is 4.90 Å². The third-order valence-electron chi connectivity index (χ3n) is 5.13. The standard InChI is InChI=1S/C27H21ClFNO6S/c1-2-34-23-15-17(7-12-22(23)36-26(32)18-8-10-19(29)11-9-18)16-24-25(31)30(27(33)37-24)13-14-35-21-6-4-3-5-20(21)28/h3-12,15-16H,2,13-14H2,1H3/b24-16-. The van der Waals surface area contributed by atoms with Gasteiger partial charge in [0, 0.05) is 0 Å². The lowest BCUT2D eigenvalue weighted by molar-refractivity contribution is -0.123. The third kappa shape index (κ3) is 6.49. The van der Waals surface area contributed by atoms with E-state index in [0.29, 0.717) is 22.9 Å². The van der Waals surface area contributed by atoms with E-state index in [1.165, 1.54) is 30.3 Å². The minimum absolute atomic E-state index is 0.0652. The molecular formula is C27H21ClFNO6S. The molecule has 10 heteroatoms. The maximum Gasteiger partial charge on any atom is 0.343 e. The van der Waals surface area contributed by atoms with E-state index in [1.54, 1.807) is 49.4 Å². The fraction of sp³-hybridized carbons (Fsp3) is 0.148. The van der Waals surface area contributed by atoms with E-state index in [0.717, 1.165) is 16.7 Å². The third-order valence-corrected chi connectivity index (χ3v) is 6.35. The number of rotatable bonds is 9. The zero-order valence-corrected chi connectivity index (χ0v) is 21.2. The molecule has 37 heavy (non-hydrogen) atoms. The second kappa shape index (κ2) is 11.9. The summed E-state index contributed by atoms with van der Waals surface area (Å²) in [4.78, 5) is 39.1. The van der Waals surface area contributed by atoms with Crippen molar-refractivity contribution in [3.05, 3.63) is 93.6 Å². The van der Waals surface area contributed by atoms with Crippen LogP contribution < -0.4 is 14.2 Å². The van der Waals surface area contributed by atoms with Crippen LogP contribution in [-0.4, -0.2) is 41.8 Å². The number of carbonyl (C=O) groups is 3. The van der Waals surface area contributed by atoms with Gasteiger partial charge in [-0.15, -0.1) is 0 Å². The maximum absolute atomic E-state index is 13.1. The van der Waals surface area contributed by atoms with Gasteiger partial charge in [0.15, 0.2) is 11.5 Å².